The third kappa shape index (κ3) is 23.6. The van der Waals surface area contributed by atoms with Crippen LogP contribution < -0.4 is 21.3 Å². The highest BCUT2D eigenvalue weighted by Gasteiger charge is 2.63. The Labute approximate surface area is 741 Å². The van der Waals surface area contributed by atoms with Crippen molar-refractivity contribution >= 4 is 23.6 Å². The highest BCUT2D eigenvalue weighted by Crippen LogP contribution is 2.43. The van der Waals surface area contributed by atoms with E-state index >= 15 is 0 Å². The van der Waals surface area contributed by atoms with Crippen LogP contribution in [0.1, 0.15) is 34.6 Å². The van der Waals surface area contributed by atoms with Crippen LogP contribution in [0.2, 0.25) is 0 Å². The number of aliphatic hydroxyl groups excluding tert-OH is 29. The summed E-state index contributed by atoms with van der Waals surface area (Å²) in [5.74, 6) is -3.97. The van der Waals surface area contributed by atoms with Crippen LogP contribution in [-0.4, -0.2) is 569 Å². The summed E-state index contributed by atoms with van der Waals surface area (Å²) in [5, 5.41) is 336. The Hall–Kier alpha value is -4.12. The topological polar surface area (TPSA) is 897 Å². The maximum Gasteiger partial charge on any atom is 0.217 e. The molecule has 11 rings (SSSR count). The van der Waals surface area contributed by atoms with Crippen LogP contribution in [0.4, 0.5) is 0 Å². The molecule has 1 unspecified atom stereocenters. The smallest absolute Gasteiger partial charge is 0.217 e. The van der Waals surface area contributed by atoms with Crippen LogP contribution >= 0.6 is 0 Å². The minimum absolute atomic E-state index is 0.887. The molecule has 0 aliphatic carbocycles. The Morgan fingerprint density at radius 2 is 0.550 bits per heavy atom. The molecule has 0 aromatic carbocycles. The lowest BCUT2D eigenvalue weighted by atomic mass is 9.93. The van der Waals surface area contributed by atoms with Crippen molar-refractivity contribution in [1.82, 2.24) is 21.3 Å². The zero-order chi connectivity index (χ0) is 96.2. The molecular formula is C73H122N4O54. The number of amides is 4. The number of hydrogen-bond donors (Lipinski definition) is 33. The van der Waals surface area contributed by atoms with E-state index in [1.807, 2.05) is 0 Å². The second-order valence-corrected chi connectivity index (χ2v) is 33.3. The van der Waals surface area contributed by atoms with Gasteiger partial charge in [-0.05, 0) is 6.92 Å². The number of carbonyl (C=O) groups excluding carboxylic acids is 4. The highest BCUT2D eigenvalue weighted by atomic mass is 16.8. The minimum atomic E-state index is -2.67. The van der Waals surface area contributed by atoms with E-state index in [-0.39, 0.29) is 0 Å². The molecule has 0 aromatic heterocycles. The van der Waals surface area contributed by atoms with Gasteiger partial charge in [0.25, 0.3) is 0 Å². The summed E-state index contributed by atoms with van der Waals surface area (Å²) in [4.78, 5) is 53.0. The Kier molecular flexibility index (Phi) is 38.3. The van der Waals surface area contributed by atoms with Crippen LogP contribution in [0.5, 0.6) is 0 Å². The van der Waals surface area contributed by atoms with E-state index in [1.165, 1.54) is 6.92 Å². The normalized spacial score (nSPS) is 50.1. The van der Waals surface area contributed by atoms with Gasteiger partial charge in [0, 0.05) is 27.7 Å². The van der Waals surface area contributed by atoms with E-state index in [1.54, 1.807) is 0 Å². The molecule has 58 nitrogen and oxygen atoms in total. The molecule has 0 saturated carbocycles. The average molecular weight is 1920 g/mol. The number of hydrogen-bond acceptors (Lipinski definition) is 54. The third-order valence-corrected chi connectivity index (χ3v) is 24.2. The second-order valence-electron chi connectivity index (χ2n) is 33.3. The van der Waals surface area contributed by atoms with Gasteiger partial charge in [0.05, 0.1) is 72.2 Å². The van der Waals surface area contributed by atoms with Crippen molar-refractivity contribution in [2.24, 2.45) is 0 Å². The van der Waals surface area contributed by atoms with Crippen molar-refractivity contribution < 1.29 is 267 Å². The molecule has 11 fully saturated rings. The molecule has 58 heteroatoms. The van der Waals surface area contributed by atoms with Gasteiger partial charge in [0.1, 0.15) is 256 Å². The highest BCUT2D eigenvalue weighted by molar-refractivity contribution is 5.74. The first-order valence-electron chi connectivity index (χ1n) is 41.9. The fourth-order valence-electron chi connectivity index (χ4n) is 17.0. The lowest BCUT2D eigenvalue weighted by Crippen LogP contribution is -2.72. The zero-order valence-corrected chi connectivity index (χ0v) is 70.4. The number of nitrogens with one attached hydrogen (secondary N) is 4. The largest absolute Gasteiger partial charge is 0.394 e. The van der Waals surface area contributed by atoms with Gasteiger partial charge in [-0.3, -0.25) is 19.2 Å². The Bertz CT molecular complexity index is 3570. The summed E-state index contributed by atoms with van der Waals surface area (Å²) in [7, 11) is 0. The van der Waals surface area contributed by atoms with Gasteiger partial charge in [-0.2, -0.15) is 0 Å². The molecule has 0 aromatic rings. The summed E-state index contributed by atoms with van der Waals surface area (Å²) in [6.45, 7) is -6.76. The predicted molar refractivity (Wildman–Crippen MR) is 401 cm³/mol. The Morgan fingerprint density at radius 3 is 1.02 bits per heavy atom. The molecule has 131 heavy (non-hydrogen) atoms. The van der Waals surface area contributed by atoms with Crippen LogP contribution in [-0.2, 0) is 119 Å². The fraction of sp³-hybridized carbons (Fsp3) is 0.945. The molecule has 33 N–H and O–H groups in total. The number of rotatable bonds is 33. The Morgan fingerprint density at radius 1 is 0.244 bits per heavy atom. The first kappa shape index (κ1) is 107. The second kappa shape index (κ2) is 46.8. The van der Waals surface area contributed by atoms with E-state index < -0.39 is 421 Å². The quantitative estimate of drug-likeness (QED) is 0.0290. The van der Waals surface area contributed by atoms with Crippen LogP contribution in [0.15, 0.2) is 0 Å². The summed E-state index contributed by atoms with van der Waals surface area (Å²) in [6.07, 6.45) is -109. The summed E-state index contributed by atoms with van der Waals surface area (Å²) in [6, 6.07) is -7.98. The summed E-state index contributed by atoms with van der Waals surface area (Å²) < 4.78 is 128. The predicted octanol–water partition coefficient (Wildman–Crippen LogP) is -22.7. The van der Waals surface area contributed by atoms with Gasteiger partial charge < -0.3 is 269 Å². The average Bonchev–Trinajstić information content (AvgIpc) is 0.759. The fourth-order valence-corrected chi connectivity index (χ4v) is 17.0. The molecule has 0 radical (unpaired) electrons. The lowest BCUT2D eigenvalue weighted by molar-refractivity contribution is -0.413. The number of aliphatic hydroxyl groups is 29. The maximum absolute atomic E-state index is 13.6. The molecule has 11 saturated heterocycles. The monoisotopic (exact) mass is 1920 g/mol. The molecule has 54 atom stereocenters. The Balaban J connectivity index is 1.01. The van der Waals surface area contributed by atoms with E-state index in [0.717, 1.165) is 27.7 Å². The van der Waals surface area contributed by atoms with Crippen LogP contribution in [0.3, 0.4) is 0 Å². The van der Waals surface area contributed by atoms with Gasteiger partial charge in [0.15, 0.2) is 69.2 Å². The van der Waals surface area contributed by atoms with E-state index in [2.05, 4.69) is 21.3 Å². The van der Waals surface area contributed by atoms with E-state index in [4.69, 9.17) is 99.5 Å². The standard InChI is InChI=1S/C73H122N4O54/c1-16-35(91)45(101)51(107)68(113-16)127-58-32(75-18(3)87)63(110)114-29(13-85)55(58)124-64-31(74-17(2)86)44(100)54(28(12-84)121-64)123-73-62(131-67-50(106)36(92)21(90)14-111-67)59(128-72-61(49(105)40(96)25(9-81)120-72)130-66-34(77-20(5)89)57(42(98)27(11-83)116-66)126-70-53(109)47(103)38(94)23(7-79)118-70)43(99)30(122-73)15-112-71-60(48(104)39(95)24(8-80)119-71)129-65-33(76-19(4)88)56(41(97)26(10-82)115-65)125-69-52(108)46(102)37(93)22(6-78)117-69/h16,21-73,78-85,90-110H,6-15H2,1-5H3,(H,74,86)(H,75,87)(H,76,88)(H,77,89)/t16-,21+,22+,23+,24+,25+,26+,27+,28+,29+,30+,31+,32+,33+,34+,35+,36-,37-,38-,39+,40+,41+,42+,43+,44+,45+,46-,47-,48-,49-,50+,51-,52+,53+,54+,55+,56+,57+,58+,59-,60-,61-,62-,63+,64-,65-,66-,67?,68-,69-,70-,71+,72-,73-/m0/s1. The lowest BCUT2D eigenvalue weighted by Gasteiger charge is -2.52. The summed E-state index contributed by atoms with van der Waals surface area (Å²) in [5.41, 5.74) is 0. The first-order chi connectivity index (χ1) is 62.0. The maximum atomic E-state index is 13.6. The van der Waals surface area contributed by atoms with Crippen molar-refractivity contribution in [3.63, 3.8) is 0 Å². The van der Waals surface area contributed by atoms with Gasteiger partial charge in [0.2, 0.25) is 23.6 Å². The van der Waals surface area contributed by atoms with Crippen molar-refractivity contribution in [1.29, 1.82) is 0 Å². The van der Waals surface area contributed by atoms with Gasteiger partial charge in [-0.25, -0.2) is 0 Å². The SMILES string of the molecule is CC(=O)N[C@@H]1[C@@H](O[C@@H]2O[C@@H](C)[C@@H](O)[C@@H](O)[C@@H]2O)[C@H](O[C@@H]2O[C@H](CO)[C@@H](O[C@@H]3O[C@H](CO[C@@H]4O[C@H](CO)[C@@H](O)[C@H](O)[C@@H]4O[C@@H]4O[C@H](CO)[C@@H](O)[C@H](O[C@@H]5O[C@H](CO)[C@H](O)[C@H](O)[C@H]5O)[C@H]4NC(C)=O)[C@@H](O)[C@H](O[C@@H]4O[C@H](CO)[C@@H](O)[C@H](O)[C@@H]4O[C@@H]4O[C@H](CO)[C@@H](O)[C@H](O[C@@H]5O[C@H](CO)[C@H](O)[C@H](O)[C@H]5O)[C@H]4NC(C)=O)[C@@H]3OC3OC[C@@H](O)[C@H](O)[C@H]3O)[C@H](O)[C@H]2NC(C)=O)[C@@H](CO)O[C@H]1O. The molecule has 0 spiro atoms. The molecule has 11 heterocycles. The van der Waals surface area contributed by atoms with Gasteiger partial charge in [-0.15, -0.1) is 0 Å². The molecule has 0 bridgehead atoms. The molecule has 11 aliphatic heterocycles. The molecule has 11 aliphatic rings. The zero-order valence-electron chi connectivity index (χ0n) is 70.4. The van der Waals surface area contributed by atoms with Crippen molar-refractivity contribution in [3.8, 4) is 0 Å². The van der Waals surface area contributed by atoms with E-state index in [9.17, 15) is 167 Å². The van der Waals surface area contributed by atoms with Crippen molar-refractivity contribution in [2.75, 3.05) is 66.1 Å². The number of carbonyl (C=O) groups is 4. The van der Waals surface area contributed by atoms with Crippen molar-refractivity contribution in [2.45, 2.75) is 366 Å². The summed E-state index contributed by atoms with van der Waals surface area (Å²) >= 11 is 0. The van der Waals surface area contributed by atoms with E-state index in [0.29, 0.717) is 0 Å². The molecule has 4 amide bonds. The van der Waals surface area contributed by atoms with Gasteiger partial charge >= 0.3 is 0 Å². The van der Waals surface area contributed by atoms with Gasteiger partial charge in [-0.1, -0.05) is 0 Å². The molecular weight excluding hydrogens is 1800 g/mol. The van der Waals surface area contributed by atoms with Crippen LogP contribution in [0.25, 0.3) is 0 Å². The number of ether oxygens (including phenoxy) is 21. The van der Waals surface area contributed by atoms with Crippen molar-refractivity contribution in [3.05, 3.63) is 0 Å². The third-order valence-electron chi connectivity index (χ3n) is 24.2. The first-order valence-corrected chi connectivity index (χ1v) is 41.9. The van der Waals surface area contributed by atoms with Crippen LogP contribution in [0, 0.1) is 0 Å². The minimum Gasteiger partial charge on any atom is -0.394 e. The molecule has 758 valence electrons.